The maximum atomic E-state index is 2.36. The van der Waals surface area contributed by atoms with E-state index in [0.717, 1.165) is 0 Å². The molecule has 0 amide bonds. The molecule has 24 heavy (non-hydrogen) atoms. The van der Waals surface area contributed by atoms with Crippen molar-refractivity contribution >= 4 is 0 Å². The van der Waals surface area contributed by atoms with Crippen LogP contribution in [0.4, 0.5) is 0 Å². The number of rotatable bonds is 11. The first kappa shape index (κ1) is 18.8. The van der Waals surface area contributed by atoms with Crippen LogP contribution in [0.25, 0.3) is 0 Å². The number of unbranched alkanes of at least 4 members (excludes halogenated alkanes) is 5. The molecule has 0 nitrogen and oxygen atoms in total. The topological polar surface area (TPSA) is 0 Å². The first-order chi connectivity index (χ1) is 11.8. The molecule has 0 heteroatoms. The molecule has 0 aliphatic carbocycles. The maximum Gasteiger partial charge on any atom is -0.0190 e. The summed E-state index contributed by atoms with van der Waals surface area (Å²) in [6.45, 7) is 4.72. The van der Waals surface area contributed by atoms with E-state index >= 15 is 0 Å². The second-order valence-corrected chi connectivity index (χ2v) is 7.32. The molecule has 2 aromatic carbocycles. The van der Waals surface area contributed by atoms with E-state index in [0.29, 0.717) is 11.8 Å². The van der Waals surface area contributed by atoms with Crippen LogP contribution in [0.15, 0.2) is 60.7 Å². The summed E-state index contributed by atoms with van der Waals surface area (Å²) >= 11 is 0. The van der Waals surface area contributed by atoms with E-state index in [2.05, 4.69) is 74.5 Å². The fourth-order valence-electron chi connectivity index (χ4n) is 3.50. The lowest BCUT2D eigenvalue weighted by atomic mass is 9.93. The highest BCUT2D eigenvalue weighted by atomic mass is 14.1. The molecule has 0 fully saturated rings. The fourth-order valence-corrected chi connectivity index (χ4v) is 3.50. The predicted molar refractivity (Wildman–Crippen MR) is 107 cm³/mol. The van der Waals surface area contributed by atoms with E-state index in [9.17, 15) is 0 Å². The van der Waals surface area contributed by atoms with E-state index in [1.165, 1.54) is 62.5 Å². The summed E-state index contributed by atoms with van der Waals surface area (Å²) in [6.07, 6.45) is 11.0. The normalized spacial score (nSPS) is 13.6. The summed E-state index contributed by atoms with van der Waals surface area (Å²) in [5.74, 6) is 1.41. The molecular formula is C24H34. The van der Waals surface area contributed by atoms with E-state index in [1.807, 2.05) is 0 Å². The molecule has 2 unspecified atom stereocenters. The lowest BCUT2D eigenvalue weighted by Crippen LogP contribution is -1.94. The molecule has 0 saturated heterocycles. The summed E-state index contributed by atoms with van der Waals surface area (Å²) < 4.78 is 0. The number of benzene rings is 2. The lowest BCUT2D eigenvalue weighted by Gasteiger charge is -2.12. The zero-order valence-electron chi connectivity index (χ0n) is 15.6. The number of hydrogen-bond donors (Lipinski definition) is 0. The van der Waals surface area contributed by atoms with Gasteiger partial charge in [-0.2, -0.15) is 0 Å². The third-order valence-electron chi connectivity index (χ3n) is 5.26. The van der Waals surface area contributed by atoms with Gasteiger partial charge in [-0.05, 0) is 35.8 Å². The molecule has 0 radical (unpaired) electrons. The van der Waals surface area contributed by atoms with Gasteiger partial charge in [0.25, 0.3) is 0 Å². The summed E-state index contributed by atoms with van der Waals surface area (Å²) in [7, 11) is 0. The average Bonchev–Trinajstić information content (AvgIpc) is 2.65. The highest BCUT2D eigenvalue weighted by molar-refractivity contribution is 5.19. The Hall–Kier alpha value is -1.56. The molecule has 0 saturated carbocycles. The van der Waals surface area contributed by atoms with Crippen molar-refractivity contribution < 1.29 is 0 Å². The largest absolute Gasteiger partial charge is 0.0622 e. The Bertz CT molecular complexity index is 477. The second-order valence-electron chi connectivity index (χ2n) is 7.32. The zero-order valence-corrected chi connectivity index (χ0v) is 15.6. The molecule has 0 N–H and O–H groups in total. The van der Waals surface area contributed by atoms with Crippen molar-refractivity contribution in [1.29, 1.82) is 0 Å². The van der Waals surface area contributed by atoms with Gasteiger partial charge in [-0.15, -0.1) is 0 Å². The Morgan fingerprint density at radius 3 is 1.21 bits per heavy atom. The van der Waals surface area contributed by atoms with E-state index < -0.39 is 0 Å². The molecule has 0 aliphatic heterocycles. The molecule has 2 aromatic rings. The second kappa shape index (κ2) is 11.1. The van der Waals surface area contributed by atoms with Crippen LogP contribution >= 0.6 is 0 Å². The average molecular weight is 323 g/mol. The van der Waals surface area contributed by atoms with Gasteiger partial charge < -0.3 is 0 Å². The fraction of sp³-hybridized carbons (Fsp3) is 0.500. The Morgan fingerprint density at radius 1 is 0.500 bits per heavy atom. The van der Waals surface area contributed by atoms with Gasteiger partial charge in [0, 0.05) is 0 Å². The minimum atomic E-state index is 0.706. The summed E-state index contributed by atoms with van der Waals surface area (Å²) in [5.41, 5.74) is 2.99. The molecule has 130 valence electrons. The van der Waals surface area contributed by atoms with Crippen molar-refractivity contribution in [3.05, 3.63) is 71.8 Å². The van der Waals surface area contributed by atoms with Gasteiger partial charge in [0.05, 0.1) is 0 Å². The highest BCUT2D eigenvalue weighted by Crippen LogP contribution is 2.23. The van der Waals surface area contributed by atoms with Gasteiger partial charge in [-0.3, -0.25) is 0 Å². The van der Waals surface area contributed by atoms with Crippen LogP contribution in [-0.2, 0) is 0 Å². The monoisotopic (exact) mass is 322 g/mol. The van der Waals surface area contributed by atoms with Crippen molar-refractivity contribution in [2.24, 2.45) is 0 Å². The van der Waals surface area contributed by atoms with Crippen molar-refractivity contribution in [1.82, 2.24) is 0 Å². The maximum absolute atomic E-state index is 2.36. The van der Waals surface area contributed by atoms with Gasteiger partial charge in [0.1, 0.15) is 0 Å². The van der Waals surface area contributed by atoms with Crippen LogP contribution in [0.1, 0.15) is 88.2 Å². The van der Waals surface area contributed by atoms with Crippen molar-refractivity contribution in [2.75, 3.05) is 0 Å². The summed E-state index contributed by atoms with van der Waals surface area (Å²) in [4.78, 5) is 0. The molecule has 0 aliphatic rings. The molecule has 0 spiro atoms. The lowest BCUT2D eigenvalue weighted by molar-refractivity contribution is 0.531. The van der Waals surface area contributed by atoms with E-state index in [4.69, 9.17) is 0 Å². The first-order valence-corrected chi connectivity index (χ1v) is 9.87. The minimum absolute atomic E-state index is 0.706. The number of hydrogen-bond acceptors (Lipinski definition) is 0. The SMILES string of the molecule is CC(CCCCCCCCC(C)c1ccccc1)c1ccccc1. The van der Waals surface area contributed by atoms with Crippen molar-refractivity contribution in [2.45, 2.75) is 77.0 Å². The molecule has 0 bridgehead atoms. The first-order valence-electron chi connectivity index (χ1n) is 9.87. The third kappa shape index (κ3) is 6.91. The van der Waals surface area contributed by atoms with Crippen LogP contribution in [0.2, 0.25) is 0 Å². The predicted octanol–water partition coefficient (Wildman–Crippen LogP) is 7.71. The van der Waals surface area contributed by atoms with Crippen LogP contribution in [-0.4, -0.2) is 0 Å². The van der Waals surface area contributed by atoms with Crippen molar-refractivity contribution in [3.8, 4) is 0 Å². The smallest absolute Gasteiger partial charge is 0.0190 e. The van der Waals surface area contributed by atoms with Gasteiger partial charge in [-0.1, -0.05) is 113 Å². The minimum Gasteiger partial charge on any atom is -0.0622 e. The van der Waals surface area contributed by atoms with Crippen LogP contribution < -0.4 is 0 Å². The van der Waals surface area contributed by atoms with Crippen molar-refractivity contribution in [3.63, 3.8) is 0 Å². The van der Waals surface area contributed by atoms with Gasteiger partial charge in [0.2, 0.25) is 0 Å². The van der Waals surface area contributed by atoms with Gasteiger partial charge >= 0.3 is 0 Å². The molecule has 0 aromatic heterocycles. The molecule has 2 atom stereocenters. The summed E-state index contributed by atoms with van der Waals surface area (Å²) in [6, 6.07) is 21.9. The Morgan fingerprint density at radius 2 is 0.833 bits per heavy atom. The zero-order chi connectivity index (χ0) is 17.0. The standard InChI is InChI=1S/C24H34/c1-21(23-17-11-7-12-18-23)15-9-5-3-4-6-10-16-22(2)24-19-13-8-14-20-24/h7-8,11-14,17-22H,3-6,9-10,15-16H2,1-2H3. The molecule has 0 heterocycles. The Kier molecular flexibility index (Phi) is 8.66. The van der Waals surface area contributed by atoms with Gasteiger partial charge in [-0.25, -0.2) is 0 Å². The van der Waals surface area contributed by atoms with E-state index in [-0.39, 0.29) is 0 Å². The van der Waals surface area contributed by atoms with E-state index in [1.54, 1.807) is 0 Å². The third-order valence-corrected chi connectivity index (χ3v) is 5.26. The Balaban J connectivity index is 1.47. The summed E-state index contributed by atoms with van der Waals surface area (Å²) in [5, 5.41) is 0. The molecular weight excluding hydrogens is 288 g/mol. The van der Waals surface area contributed by atoms with Crippen LogP contribution in [0.5, 0.6) is 0 Å². The van der Waals surface area contributed by atoms with Gasteiger partial charge in [0.15, 0.2) is 0 Å². The Labute approximate surface area is 149 Å². The quantitative estimate of drug-likeness (QED) is 0.371. The van der Waals surface area contributed by atoms with Crippen LogP contribution in [0, 0.1) is 0 Å². The van der Waals surface area contributed by atoms with Crippen LogP contribution in [0.3, 0.4) is 0 Å². The molecule has 2 rings (SSSR count). The highest BCUT2D eigenvalue weighted by Gasteiger charge is 2.05.